The number of amides is 1. The molecule has 152 valence electrons. The van der Waals surface area contributed by atoms with E-state index in [0.717, 1.165) is 23.0 Å². The second kappa shape index (κ2) is 8.36. The smallest absolute Gasteiger partial charge is 0.407 e. The first-order valence-electron chi connectivity index (χ1n) is 7.98. The van der Waals surface area contributed by atoms with E-state index in [4.69, 9.17) is 27.9 Å². The summed E-state index contributed by atoms with van der Waals surface area (Å²) in [6.45, 7) is -0.318. The van der Waals surface area contributed by atoms with Crippen LogP contribution in [0.3, 0.4) is 0 Å². The molecule has 1 aromatic carbocycles. The number of nitrogens with one attached hydrogen (secondary N) is 1. The second-order valence-corrected chi connectivity index (χ2v) is 8.32. The van der Waals surface area contributed by atoms with Crippen LogP contribution in [0.15, 0.2) is 52.5 Å². The number of hydrogen-bond donors (Lipinski definition) is 1. The van der Waals surface area contributed by atoms with Gasteiger partial charge in [0.25, 0.3) is 0 Å². The van der Waals surface area contributed by atoms with Crippen LogP contribution < -0.4 is 5.32 Å². The van der Waals surface area contributed by atoms with Gasteiger partial charge in [-0.05, 0) is 24.3 Å². The molecule has 12 heteroatoms. The molecule has 3 aromatic rings. The number of alkyl carbamates (subject to hydrolysis) is 1. The number of hydrogen-bond acceptors (Lipinski definition) is 6. The number of pyridine rings is 1. The lowest BCUT2D eigenvalue weighted by atomic mass is 10.3. The third kappa shape index (κ3) is 4.50. The molecule has 1 amide bonds. The predicted molar refractivity (Wildman–Crippen MR) is 102 cm³/mol. The van der Waals surface area contributed by atoms with Gasteiger partial charge in [0.1, 0.15) is 23.3 Å². The fourth-order valence-corrected chi connectivity index (χ4v) is 3.99. The highest BCUT2D eigenvalue weighted by atomic mass is 35.5. The van der Waals surface area contributed by atoms with Gasteiger partial charge < -0.3 is 10.1 Å². The fourth-order valence-electron chi connectivity index (χ4n) is 2.35. The molecular weight excluding hydrogens is 446 g/mol. The number of carbonyl (C=O) groups is 1. The van der Waals surface area contributed by atoms with E-state index in [1.165, 1.54) is 31.3 Å². The highest BCUT2D eigenvalue weighted by Gasteiger charge is 2.27. The van der Waals surface area contributed by atoms with Crippen LogP contribution >= 0.6 is 23.2 Å². The number of halogens is 3. The highest BCUT2D eigenvalue weighted by Crippen LogP contribution is 2.28. The number of benzene rings is 1. The zero-order valence-electron chi connectivity index (χ0n) is 14.8. The molecule has 0 aliphatic rings. The average molecular weight is 459 g/mol. The van der Waals surface area contributed by atoms with Crippen molar-refractivity contribution in [1.82, 2.24) is 20.1 Å². The summed E-state index contributed by atoms with van der Waals surface area (Å²) in [5, 5.41) is 6.26. The molecule has 0 radical (unpaired) electrons. The summed E-state index contributed by atoms with van der Waals surface area (Å²) in [7, 11) is -2.77. The largest absolute Gasteiger partial charge is 0.443 e. The Kier molecular flexibility index (Phi) is 6.06. The lowest BCUT2D eigenvalue weighted by Crippen LogP contribution is -2.19. The van der Waals surface area contributed by atoms with Gasteiger partial charge in [-0.3, -0.25) is 0 Å². The molecule has 0 unspecified atom stereocenters. The van der Waals surface area contributed by atoms with E-state index in [9.17, 15) is 17.6 Å². The molecule has 0 aliphatic carbocycles. The van der Waals surface area contributed by atoms with Gasteiger partial charge in [0.05, 0.1) is 15.6 Å². The summed E-state index contributed by atoms with van der Waals surface area (Å²) < 4.78 is 46.0. The maximum Gasteiger partial charge on any atom is 0.407 e. The zero-order chi connectivity index (χ0) is 21.2. The first kappa shape index (κ1) is 21.0. The molecule has 1 N–H and O–H groups in total. The predicted octanol–water partition coefficient (Wildman–Crippen LogP) is 3.40. The molecule has 0 aliphatic heterocycles. The van der Waals surface area contributed by atoms with Crippen molar-refractivity contribution in [2.24, 2.45) is 0 Å². The molecule has 0 spiro atoms. The van der Waals surface area contributed by atoms with Crippen LogP contribution in [0.5, 0.6) is 0 Å². The van der Waals surface area contributed by atoms with Crippen molar-refractivity contribution >= 4 is 39.1 Å². The number of aromatic nitrogens is 3. The second-order valence-electron chi connectivity index (χ2n) is 5.63. The van der Waals surface area contributed by atoms with Crippen molar-refractivity contribution in [1.29, 1.82) is 0 Å². The summed E-state index contributed by atoms with van der Waals surface area (Å²) in [5.74, 6) is -0.639. The van der Waals surface area contributed by atoms with Gasteiger partial charge in [0.15, 0.2) is 5.03 Å². The van der Waals surface area contributed by atoms with Crippen LogP contribution in [-0.2, 0) is 21.2 Å². The van der Waals surface area contributed by atoms with Gasteiger partial charge in [-0.25, -0.2) is 27.3 Å². The van der Waals surface area contributed by atoms with Crippen molar-refractivity contribution in [3.05, 3.63) is 64.3 Å². The van der Waals surface area contributed by atoms with Crippen LogP contribution in [-0.4, -0.2) is 36.3 Å². The molecular formula is C17H13Cl2FN4O4S. The van der Waals surface area contributed by atoms with Crippen molar-refractivity contribution in [3.8, 4) is 5.69 Å². The summed E-state index contributed by atoms with van der Waals surface area (Å²) in [6, 6.07) is 7.23. The van der Waals surface area contributed by atoms with E-state index in [2.05, 4.69) is 15.4 Å². The molecule has 29 heavy (non-hydrogen) atoms. The van der Waals surface area contributed by atoms with E-state index in [1.807, 2.05) is 0 Å². The minimum Gasteiger partial charge on any atom is -0.443 e. The van der Waals surface area contributed by atoms with Gasteiger partial charge >= 0.3 is 6.09 Å². The molecule has 8 nitrogen and oxygen atoms in total. The van der Waals surface area contributed by atoms with Crippen molar-refractivity contribution in [2.45, 2.75) is 16.5 Å². The third-order valence-electron chi connectivity index (χ3n) is 3.70. The SMILES string of the molecule is CNC(=O)OCc1cc(S(=O)(=O)c2ccc(Cl)nc2)n(-c2cc(F)ccc2Cl)n1. The van der Waals surface area contributed by atoms with Crippen molar-refractivity contribution in [2.75, 3.05) is 7.05 Å². The van der Waals surface area contributed by atoms with Crippen molar-refractivity contribution < 1.29 is 22.3 Å². The minimum atomic E-state index is -4.15. The molecule has 0 saturated carbocycles. The molecule has 2 aromatic heterocycles. The maximum atomic E-state index is 13.8. The Labute approximate surface area is 175 Å². The van der Waals surface area contributed by atoms with Gasteiger partial charge in [-0.2, -0.15) is 5.10 Å². The van der Waals surface area contributed by atoms with Gasteiger partial charge in [-0.15, -0.1) is 0 Å². The summed E-state index contributed by atoms with van der Waals surface area (Å²) in [6.07, 6.45) is 0.359. The Hall–Kier alpha value is -2.69. The third-order valence-corrected chi connectivity index (χ3v) is 5.95. The first-order chi connectivity index (χ1) is 13.7. The number of sulfone groups is 1. The molecule has 0 saturated heterocycles. The van der Waals surface area contributed by atoms with E-state index in [1.54, 1.807) is 0 Å². The van der Waals surface area contributed by atoms with Crippen LogP contribution in [0, 0.1) is 5.82 Å². The van der Waals surface area contributed by atoms with Gasteiger partial charge in [0.2, 0.25) is 9.84 Å². The quantitative estimate of drug-likeness (QED) is 0.587. The topological polar surface area (TPSA) is 103 Å². The lowest BCUT2D eigenvalue weighted by molar-refractivity contribution is 0.140. The summed E-state index contributed by atoms with van der Waals surface area (Å²) in [5.41, 5.74) is 0.104. The molecule has 0 atom stereocenters. The Balaban J connectivity index is 2.15. The van der Waals surface area contributed by atoms with Gasteiger partial charge in [0, 0.05) is 25.4 Å². The van der Waals surface area contributed by atoms with E-state index in [-0.39, 0.29) is 38.1 Å². The number of rotatable bonds is 5. The number of carbonyl (C=O) groups excluding carboxylic acids is 1. The molecule has 3 rings (SSSR count). The first-order valence-corrected chi connectivity index (χ1v) is 10.2. The zero-order valence-corrected chi connectivity index (χ0v) is 17.1. The van der Waals surface area contributed by atoms with Crippen LogP contribution in [0.2, 0.25) is 10.2 Å². The molecule has 0 fully saturated rings. The lowest BCUT2D eigenvalue weighted by Gasteiger charge is -2.10. The Morgan fingerprint density at radius 3 is 2.66 bits per heavy atom. The van der Waals surface area contributed by atoms with E-state index in [0.29, 0.717) is 0 Å². The molecule has 2 heterocycles. The summed E-state index contributed by atoms with van der Waals surface area (Å²) in [4.78, 5) is 14.9. The standard InChI is InChI=1S/C17H13Cl2FN4O4S/c1-21-17(25)28-9-11-7-16(29(26,27)12-3-5-15(19)22-8-12)24(23-11)14-6-10(20)2-4-13(14)18/h2-8H,9H2,1H3,(H,21,25). The Bertz CT molecular complexity index is 1170. The average Bonchev–Trinajstić information content (AvgIpc) is 3.13. The summed E-state index contributed by atoms with van der Waals surface area (Å²) >= 11 is 11.9. The van der Waals surface area contributed by atoms with E-state index >= 15 is 0 Å². The highest BCUT2D eigenvalue weighted by molar-refractivity contribution is 7.91. The van der Waals surface area contributed by atoms with Crippen LogP contribution in [0.4, 0.5) is 9.18 Å². The number of ether oxygens (including phenoxy) is 1. The Morgan fingerprint density at radius 2 is 2.00 bits per heavy atom. The molecule has 0 bridgehead atoms. The van der Waals surface area contributed by atoms with Crippen LogP contribution in [0.1, 0.15) is 5.69 Å². The maximum absolute atomic E-state index is 13.8. The van der Waals surface area contributed by atoms with Crippen LogP contribution in [0.25, 0.3) is 5.69 Å². The van der Waals surface area contributed by atoms with Crippen molar-refractivity contribution in [3.63, 3.8) is 0 Å². The number of nitrogens with zero attached hydrogens (tertiary/aromatic N) is 3. The van der Waals surface area contributed by atoms with E-state index < -0.39 is 21.7 Å². The monoisotopic (exact) mass is 458 g/mol. The minimum absolute atomic E-state index is 0.00152. The Morgan fingerprint density at radius 1 is 1.24 bits per heavy atom. The van der Waals surface area contributed by atoms with Gasteiger partial charge in [-0.1, -0.05) is 23.2 Å². The normalized spacial score (nSPS) is 11.3. The fraction of sp³-hybridized carbons (Fsp3) is 0.118.